The molecule has 12 heavy (non-hydrogen) atoms. The van der Waals surface area contributed by atoms with Crippen LogP contribution in [0.25, 0.3) is 0 Å². The molecular weight excluding hydrogens is 180 g/mol. The number of nitrogens with two attached hydrogens (primary N) is 1. The zero-order chi connectivity index (χ0) is 9.35. The van der Waals surface area contributed by atoms with Crippen molar-refractivity contribution in [3.63, 3.8) is 0 Å². The van der Waals surface area contributed by atoms with Crippen molar-refractivity contribution in [3.05, 3.63) is 6.33 Å². The number of anilines is 1. The summed E-state index contributed by atoms with van der Waals surface area (Å²) < 4.78 is 26.0. The van der Waals surface area contributed by atoms with Gasteiger partial charge in [-0.1, -0.05) is 0 Å². The van der Waals surface area contributed by atoms with Crippen molar-refractivity contribution in [2.24, 2.45) is 7.05 Å². The Bertz CT molecular complexity index is 361. The molecule has 0 aliphatic heterocycles. The highest BCUT2D eigenvalue weighted by Gasteiger charge is 2.19. The van der Waals surface area contributed by atoms with Gasteiger partial charge in [0.1, 0.15) is 0 Å². The normalized spacial score (nSPS) is 11.8. The number of nitrogen functional groups attached to an aromatic ring is 1. The van der Waals surface area contributed by atoms with Crippen molar-refractivity contribution in [2.45, 2.75) is 5.03 Å². The Hall–Kier alpha value is -1.08. The van der Waals surface area contributed by atoms with Crippen LogP contribution < -0.4 is 10.5 Å². The highest BCUT2D eigenvalue weighted by molar-refractivity contribution is 7.89. The van der Waals surface area contributed by atoms with Crippen molar-refractivity contribution < 1.29 is 8.42 Å². The summed E-state index contributed by atoms with van der Waals surface area (Å²) in [5.41, 5.74) is 5.35. The van der Waals surface area contributed by atoms with Gasteiger partial charge in [0.15, 0.2) is 10.8 Å². The fourth-order valence-corrected chi connectivity index (χ4v) is 1.81. The number of sulfonamides is 1. The largest absolute Gasteiger partial charge is 0.381 e. The minimum Gasteiger partial charge on any atom is -0.381 e. The molecule has 0 amide bonds. The highest BCUT2D eigenvalue weighted by atomic mass is 32.2. The van der Waals surface area contributed by atoms with Crippen LogP contribution in [0.2, 0.25) is 0 Å². The summed E-state index contributed by atoms with van der Waals surface area (Å²) in [6.45, 7) is 0. The van der Waals surface area contributed by atoms with E-state index in [0.29, 0.717) is 0 Å². The molecule has 1 rings (SSSR count). The molecule has 0 saturated heterocycles. The van der Waals surface area contributed by atoms with E-state index in [1.54, 1.807) is 7.05 Å². The average molecular weight is 190 g/mol. The van der Waals surface area contributed by atoms with Gasteiger partial charge in [-0.15, -0.1) is 0 Å². The smallest absolute Gasteiger partial charge is 0.259 e. The van der Waals surface area contributed by atoms with Crippen molar-refractivity contribution >= 4 is 15.8 Å². The second-order valence-corrected chi connectivity index (χ2v) is 4.06. The van der Waals surface area contributed by atoms with E-state index in [-0.39, 0.29) is 10.8 Å². The Morgan fingerprint density at radius 3 is 2.58 bits per heavy atom. The molecule has 1 aromatic heterocycles. The summed E-state index contributed by atoms with van der Waals surface area (Å²) in [7, 11) is -0.606. The lowest BCUT2D eigenvalue weighted by Crippen LogP contribution is -2.22. The van der Waals surface area contributed by atoms with Gasteiger partial charge in [-0.25, -0.2) is 18.1 Å². The van der Waals surface area contributed by atoms with E-state index in [2.05, 4.69) is 9.71 Å². The standard InChI is InChI=1S/C5H10N4O2S/c1-7-12(10,11)5-4(6)8-3-9(5)2/h3,7H,6H2,1-2H3. The van der Waals surface area contributed by atoms with E-state index in [1.807, 2.05) is 0 Å². The first-order chi connectivity index (χ1) is 5.49. The number of hydrogen-bond donors (Lipinski definition) is 2. The third-order valence-corrected chi connectivity index (χ3v) is 2.98. The molecule has 0 aliphatic carbocycles. The van der Waals surface area contributed by atoms with Crippen LogP contribution in [0.5, 0.6) is 0 Å². The molecule has 0 unspecified atom stereocenters. The maximum atomic E-state index is 11.3. The van der Waals surface area contributed by atoms with E-state index in [1.165, 1.54) is 17.9 Å². The van der Waals surface area contributed by atoms with E-state index in [9.17, 15) is 8.42 Å². The Kier molecular flexibility index (Phi) is 2.07. The SMILES string of the molecule is CNS(=O)(=O)c1c(N)ncn1C. The number of aryl methyl sites for hydroxylation is 1. The van der Waals surface area contributed by atoms with E-state index in [4.69, 9.17) is 5.73 Å². The number of nitrogens with zero attached hydrogens (tertiary/aromatic N) is 2. The van der Waals surface area contributed by atoms with Crippen LogP contribution in [0.4, 0.5) is 5.82 Å². The zero-order valence-electron chi connectivity index (χ0n) is 6.77. The van der Waals surface area contributed by atoms with Crippen LogP contribution in [0, 0.1) is 0 Å². The van der Waals surface area contributed by atoms with Crippen LogP contribution in [0.1, 0.15) is 0 Å². The maximum absolute atomic E-state index is 11.3. The summed E-state index contributed by atoms with van der Waals surface area (Å²) >= 11 is 0. The van der Waals surface area contributed by atoms with Gasteiger partial charge in [0, 0.05) is 7.05 Å². The van der Waals surface area contributed by atoms with E-state index >= 15 is 0 Å². The van der Waals surface area contributed by atoms with Gasteiger partial charge in [0.25, 0.3) is 10.0 Å². The van der Waals surface area contributed by atoms with Gasteiger partial charge >= 0.3 is 0 Å². The summed E-state index contributed by atoms with van der Waals surface area (Å²) in [6, 6.07) is 0. The minimum atomic E-state index is -3.49. The fraction of sp³-hybridized carbons (Fsp3) is 0.400. The lowest BCUT2D eigenvalue weighted by atomic mass is 10.8. The number of nitrogens with one attached hydrogen (secondary N) is 1. The molecule has 6 nitrogen and oxygen atoms in total. The molecule has 0 atom stereocenters. The lowest BCUT2D eigenvalue weighted by molar-refractivity contribution is 0.578. The number of aromatic nitrogens is 2. The molecule has 0 aliphatic rings. The van der Waals surface area contributed by atoms with Crippen LogP contribution in [-0.2, 0) is 17.1 Å². The maximum Gasteiger partial charge on any atom is 0.259 e. The fourth-order valence-electron chi connectivity index (χ4n) is 0.861. The van der Waals surface area contributed by atoms with Crippen molar-refractivity contribution in [2.75, 3.05) is 12.8 Å². The van der Waals surface area contributed by atoms with Gasteiger partial charge in [-0.2, -0.15) is 0 Å². The van der Waals surface area contributed by atoms with Gasteiger partial charge in [-0.05, 0) is 7.05 Å². The van der Waals surface area contributed by atoms with Crippen LogP contribution >= 0.6 is 0 Å². The van der Waals surface area contributed by atoms with Crippen molar-refractivity contribution in [1.82, 2.24) is 14.3 Å². The molecule has 7 heteroatoms. The number of imidazole rings is 1. The van der Waals surface area contributed by atoms with Gasteiger partial charge in [0.2, 0.25) is 0 Å². The molecular formula is C5H10N4O2S. The van der Waals surface area contributed by atoms with E-state index < -0.39 is 10.0 Å². The second kappa shape index (κ2) is 2.76. The minimum absolute atomic E-state index is 0.00634. The van der Waals surface area contributed by atoms with Gasteiger partial charge in [-0.3, -0.25) is 0 Å². The zero-order valence-corrected chi connectivity index (χ0v) is 7.59. The van der Waals surface area contributed by atoms with E-state index in [0.717, 1.165) is 0 Å². The third-order valence-electron chi connectivity index (χ3n) is 1.43. The third kappa shape index (κ3) is 1.28. The van der Waals surface area contributed by atoms with Crippen molar-refractivity contribution in [1.29, 1.82) is 0 Å². The molecule has 1 aromatic rings. The summed E-state index contributed by atoms with van der Waals surface area (Å²) in [4.78, 5) is 3.65. The Morgan fingerprint density at radius 2 is 2.25 bits per heavy atom. The second-order valence-electron chi connectivity index (χ2n) is 2.25. The van der Waals surface area contributed by atoms with Crippen LogP contribution in [0.15, 0.2) is 11.4 Å². The average Bonchev–Trinajstić information content (AvgIpc) is 2.31. The highest BCUT2D eigenvalue weighted by Crippen LogP contribution is 2.13. The number of rotatable bonds is 2. The molecule has 68 valence electrons. The predicted octanol–water partition coefficient (Wildman–Crippen LogP) is -1.09. The molecule has 0 bridgehead atoms. The van der Waals surface area contributed by atoms with Crippen molar-refractivity contribution in [3.8, 4) is 0 Å². The molecule has 0 radical (unpaired) electrons. The Balaban J connectivity index is 3.37. The topological polar surface area (TPSA) is 90.0 Å². The Labute approximate surface area is 70.5 Å². The molecule has 0 aromatic carbocycles. The summed E-state index contributed by atoms with van der Waals surface area (Å²) in [5.74, 6) is 0.00634. The first-order valence-electron chi connectivity index (χ1n) is 3.19. The Morgan fingerprint density at radius 1 is 1.67 bits per heavy atom. The first kappa shape index (κ1) is 9.01. The monoisotopic (exact) mass is 190 g/mol. The molecule has 1 heterocycles. The molecule has 0 fully saturated rings. The summed E-state index contributed by atoms with van der Waals surface area (Å²) in [5, 5.41) is -0.00926. The van der Waals surface area contributed by atoms with Crippen LogP contribution in [-0.4, -0.2) is 25.0 Å². The predicted molar refractivity (Wildman–Crippen MR) is 43.9 cm³/mol. The number of hydrogen-bond acceptors (Lipinski definition) is 4. The molecule has 0 spiro atoms. The summed E-state index contributed by atoms with van der Waals surface area (Å²) in [6.07, 6.45) is 1.35. The first-order valence-corrected chi connectivity index (χ1v) is 4.67. The molecule has 3 N–H and O–H groups in total. The molecule has 0 saturated carbocycles. The van der Waals surface area contributed by atoms with Gasteiger partial charge in [0.05, 0.1) is 6.33 Å². The quantitative estimate of drug-likeness (QED) is 0.620. The lowest BCUT2D eigenvalue weighted by Gasteiger charge is -2.02. The van der Waals surface area contributed by atoms with Gasteiger partial charge < -0.3 is 10.3 Å². The van der Waals surface area contributed by atoms with Crippen LogP contribution in [0.3, 0.4) is 0 Å².